The number of fused-ring (bicyclic) bond motifs is 1. The van der Waals surface area contributed by atoms with Crippen LogP contribution in [0.15, 0.2) is 53.6 Å². The molecule has 0 fully saturated rings. The smallest absolute Gasteiger partial charge is 0.289 e. The molecule has 7 heteroatoms. The molecule has 1 atom stereocenters. The quantitative estimate of drug-likeness (QED) is 0.681. The average Bonchev–Trinajstić information content (AvgIpc) is 2.96. The Kier molecular flexibility index (Phi) is 5.23. The number of hydrogen-bond donors (Lipinski definition) is 2. The van der Waals surface area contributed by atoms with Crippen molar-refractivity contribution in [2.24, 2.45) is 5.92 Å². The minimum absolute atomic E-state index is 0.0637. The lowest BCUT2D eigenvalue weighted by Gasteiger charge is -2.14. The predicted octanol–water partition coefficient (Wildman–Crippen LogP) is 2.15. The number of H-pyrrole nitrogens is 1. The van der Waals surface area contributed by atoms with E-state index in [1.165, 1.54) is 0 Å². The first-order valence-electron chi connectivity index (χ1n) is 9.43. The van der Waals surface area contributed by atoms with Crippen molar-refractivity contribution in [3.63, 3.8) is 0 Å². The molecule has 1 aliphatic carbocycles. The highest BCUT2D eigenvalue weighted by atomic mass is 16.2. The van der Waals surface area contributed by atoms with Gasteiger partial charge in [0.1, 0.15) is 5.82 Å². The minimum atomic E-state index is -0.273. The molecule has 142 valence electrons. The molecule has 1 amide bonds. The van der Waals surface area contributed by atoms with E-state index in [0.29, 0.717) is 18.8 Å². The van der Waals surface area contributed by atoms with Gasteiger partial charge in [-0.25, -0.2) is 15.0 Å². The Labute approximate surface area is 162 Å². The van der Waals surface area contributed by atoms with E-state index in [-0.39, 0.29) is 23.2 Å². The van der Waals surface area contributed by atoms with E-state index in [1.54, 1.807) is 18.5 Å². The SMILES string of the molecule is O=C(NCC1CCc2nc(-c3ccccc3)[nH]c(=O)c2CC1)c1ncccn1. The van der Waals surface area contributed by atoms with E-state index in [1.807, 2.05) is 30.3 Å². The Morgan fingerprint density at radius 2 is 1.82 bits per heavy atom. The third-order valence-corrected chi connectivity index (χ3v) is 5.06. The zero-order chi connectivity index (χ0) is 19.3. The van der Waals surface area contributed by atoms with Gasteiger partial charge in [0.2, 0.25) is 5.82 Å². The number of aromatic amines is 1. The van der Waals surface area contributed by atoms with Gasteiger partial charge < -0.3 is 10.3 Å². The molecule has 0 spiro atoms. The van der Waals surface area contributed by atoms with Crippen molar-refractivity contribution in [2.75, 3.05) is 6.54 Å². The van der Waals surface area contributed by atoms with Crippen LogP contribution in [-0.2, 0) is 12.8 Å². The van der Waals surface area contributed by atoms with E-state index >= 15 is 0 Å². The fourth-order valence-electron chi connectivity index (χ4n) is 3.51. The van der Waals surface area contributed by atoms with Gasteiger partial charge in [-0.3, -0.25) is 9.59 Å². The Bertz CT molecular complexity index is 1020. The fraction of sp³-hybridized carbons (Fsp3) is 0.286. The number of aromatic nitrogens is 4. The van der Waals surface area contributed by atoms with Crippen LogP contribution in [0.3, 0.4) is 0 Å². The lowest BCUT2D eigenvalue weighted by atomic mass is 10.00. The Balaban J connectivity index is 1.44. The van der Waals surface area contributed by atoms with Crippen LogP contribution in [-0.4, -0.2) is 32.4 Å². The second-order valence-corrected chi connectivity index (χ2v) is 6.93. The number of carbonyl (C=O) groups excluding carboxylic acids is 1. The van der Waals surface area contributed by atoms with Crippen LogP contribution in [0.4, 0.5) is 0 Å². The maximum Gasteiger partial charge on any atom is 0.289 e. The zero-order valence-electron chi connectivity index (χ0n) is 15.4. The van der Waals surface area contributed by atoms with Crippen LogP contribution in [0.5, 0.6) is 0 Å². The Hall–Kier alpha value is -3.35. The monoisotopic (exact) mass is 375 g/mol. The summed E-state index contributed by atoms with van der Waals surface area (Å²) < 4.78 is 0. The molecular weight excluding hydrogens is 354 g/mol. The summed E-state index contributed by atoms with van der Waals surface area (Å²) in [5, 5.41) is 2.90. The molecule has 1 aromatic carbocycles. The normalized spacial score (nSPS) is 16.1. The number of nitrogens with zero attached hydrogens (tertiary/aromatic N) is 3. The first-order chi connectivity index (χ1) is 13.7. The maximum absolute atomic E-state index is 12.6. The molecule has 0 saturated carbocycles. The number of nitrogens with one attached hydrogen (secondary N) is 2. The number of hydrogen-bond acceptors (Lipinski definition) is 5. The molecule has 0 saturated heterocycles. The standard InChI is InChI=1S/C21H21N5O2/c27-20-16-9-7-14(13-24-21(28)19-22-11-4-12-23-19)8-10-17(16)25-18(26-20)15-5-2-1-3-6-15/h1-6,11-12,14H,7-10,13H2,(H,24,28)(H,25,26,27). The summed E-state index contributed by atoms with van der Waals surface area (Å²) in [7, 11) is 0. The molecule has 2 aromatic heterocycles. The average molecular weight is 375 g/mol. The molecule has 7 nitrogen and oxygen atoms in total. The van der Waals surface area contributed by atoms with Gasteiger partial charge in [0.15, 0.2) is 0 Å². The van der Waals surface area contributed by atoms with Crippen LogP contribution in [0, 0.1) is 5.92 Å². The summed E-state index contributed by atoms with van der Waals surface area (Å²) >= 11 is 0. The van der Waals surface area contributed by atoms with Gasteiger partial charge in [-0.1, -0.05) is 30.3 Å². The lowest BCUT2D eigenvalue weighted by Crippen LogP contribution is -2.30. The summed E-state index contributed by atoms with van der Waals surface area (Å²) in [4.78, 5) is 40.3. The molecule has 2 heterocycles. The molecule has 1 unspecified atom stereocenters. The Morgan fingerprint density at radius 1 is 1.07 bits per heavy atom. The molecule has 0 aliphatic heterocycles. The molecule has 3 aromatic rings. The minimum Gasteiger partial charge on any atom is -0.349 e. The van der Waals surface area contributed by atoms with Gasteiger partial charge in [0.05, 0.1) is 5.69 Å². The van der Waals surface area contributed by atoms with Crippen LogP contribution < -0.4 is 10.9 Å². The van der Waals surface area contributed by atoms with Crippen molar-refractivity contribution < 1.29 is 4.79 Å². The van der Waals surface area contributed by atoms with E-state index in [9.17, 15) is 9.59 Å². The molecule has 4 rings (SSSR count). The third-order valence-electron chi connectivity index (χ3n) is 5.06. The zero-order valence-corrected chi connectivity index (χ0v) is 15.4. The van der Waals surface area contributed by atoms with Gasteiger partial charge in [-0.2, -0.15) is 0 Å². The molecule has 0 bridgehead atoms. The number of amides is 1. The topological polar surface area (TPSA) is 101 Å². The van der Waals surface area contributed by atoms with Crippen molar-refractivity contribution in [3.05, 3.63) is 76.2 Å². The van der Waals surface area contributed by atoms with Gasteiger partial charge >= 0.3 is 0 Å². The highest BCUT2D eigenvalue weighted by molar-refractivity contribution is 5.90. The Morgan fingerprint density at radius 3 is 2.61 bits per heavy atom. The van der Waals surface area contributed by atoms with Gasteiger partial charge in [0.25, 0.3) is 11.5 Å². The summed E-state index contributed by atoms with van der Waals surface area (Å²) in [6.07, 6.45) is 6.18. The largest absolute Gasteiger partial charge is 0.349 e. The fourth-order valence-corrected chi connectivity index (χ4v) is 3.51. The summed E-state index contributed by atoms with van der Waals surface area (Å²) in [5.74, 6) is 0.786. The van der Waals surface area contributed by atoms with Gasteiger partial charge in [0, 0.05) is 30.1 Å². The summed E-state index contributed by atoms with van der Waals surface area (Å²) in [6.45, 7) is 0.536. The lowest BCUT2D eigenvalue weighted by molar-refractivity contribution is 0.0935. The highest BCUT2D eigenvalue weighted by Crippen LogP contribution is 2.23. The number of aryl methyl sites for hydroxylation is 1. The van der Waals surface area contributed by atoms with E-state index in [2.05, 4.69) is 20.3 Å². The highest BCUT2D eigenvalue weighted by Gasteiger charge is 2.21. The van der Waals surface area contributed by atoms with Crippen molar-refractivity contribution in [3.8, 4) is 11.4 Å². The van der Waals surface area contributed by atoms with Crippen molar-refractivity contribution in [1.29, 1.82) is 0 Å². The van der Waals surface area contributed by atoms with Crippen molar-refractivity contribution in [1.82, 2.24) is 25.3 Å². The number of rotatable bonds is 4. The first-order valence-corrected chi connectivity index (χ1v) is 9.43. The van der Waals surface area contributed by atoms with Gasteiger partial charge in [-0.05, 0) is 37.7 Å². The van der Waals surface area contributed by atoms with Crippen molar-refractivity contribution >= 4 is 5.91 Å². The summed E-state index contributed by atoms with van der Waals surface area (Å²) in [6, 6.07) is 11.3. The number of benzene rings is 1. The first kappa shape index (κ1) is 18.0. The van der Waals surface area contributed by atoms with Gasteiger partial charge in [-0.15, -0.1) is 0 Å². The maximum atomic E-state index is 12.6. The van der Waals surface area contributed by atoms with Crippen LogP contribution in [0.2, 0.25) is 0 Å². The molecule has 1 aliphatic rings. The van der Waals surface area contributed by atoms with E-state index < -0.39 is 0 Å². The number of carbonyl (C=O) groups is 1. The van der Waals surface area contributed by atoms with Crippen LogP contribution in [0.25, 0.3) is 11.4 Å². The third kappa shape index (κ3) is 3.98. The second kappa shape index (κ2) is 8.12. The van der Waals surface area contributed by atoms with Crippen molar-refractivity contribution in [2.45, 2.75) is 25.7 Å². The second-order valence-electron chi connectivity index (χ2n) is 6.93. The van der Waals surface area contributed by atoms with Crippen LogP contribution >= 0.6 is 0 Å². The molecule has 28 heavy (non-hydrogen) atoms. The molecule has 2 N–H and O–H groups in total. The van der Waals surface area contributed by atoms with Crippen LogP contribution in [0.1, 0.15) is 34.7 Å². The van der Waals surface area contributed by atoms with E-state index in [4.69, 9.17) is 4.98 Å². The van der Waals surface area contributed by atoms with E-state index in [0.717, 1.165) is 36.1 Å². The molecular formula is C21H21N5O2. The predicted molar refractivity (Wildman–Crippen MR) is 105 cm³/mol. The summed E-state index contributed by atoms with van der Waals surface area (Å²) in [5.41, 5.74) is 2.47. The molecule has 0 radical (unpaired) electrons.